The maximum Gasteiger partial charge on any atom is 0.240 e. The van der Waals surface area contributed by atoms with Crippen LogP contribution in [0.25, 0.3) is 5.69 Å². The molecular formula is C27H28ClFN4O2S. The summed E-state index contributed by atoms with van der Waals surface area (Å²) in [6.45, 7) is 6.08. The van der Waals surface area contributed by atoms with Crippen molar-refractivity contribution in [2.24, 2.45) is 0 Å². The van der Waals surface area contributed by atoms with Gasteiger partial charge in [0.2, 0.25) is 11.8 Å². The van der Waals surface area contributed by atoms with Crippen molar-refractivity contribution in [3.05, 3.63) is 76.2 Å². The maximum absolute atomic E-state index is 13.8. The van der Waals surface area contributed by atoms with E-state index in [9.17, 15) is 14.0 Å². The highest BCUT2D eigenvalue weighted by atomic mass is 35.5. The third-order valence-corrected chi connectivity index (χ3v) is 7.87. The fourth-order valence-electron chi connectivity index (χ4n) is 4.41. The molecule has 188 valence electrons. The lowest BCUT2D eigenvalue weighted by molar-refractivity contribution is -0.123. The van der Waals surface area contributed by atoms with E-state index in [0.717, 1.165) is 29.7 Å². The Hall–Kier alpha value is -2.84. The fraction of sp³-hybridized carbons (Fsp3) is 0.370. The zero-order chi connectivity index (χ0) is 25.6. The van der Waals surface area contributed by atoms with Crippen LogP contribution in [0.1, 0.15) is 55.7 Å². The minimum absolute atomic E-state index is 0.112. The first-order valence-corrected chi connectivity index (χ1v) is 13.4. The van der Waals surface area contributed by atoms with E-state index in [0.29, 0.717) is 16.5 Å². The van der Waals surface area contributed by atoms with E-state index in [-0.39, 0.29) is 46.6 Å². The molecule has 0 unspecified atom stereocenters. The molecule has 2 amide bonds. The number of halogens is 2. The fourth-order valence-corrected chi connectivity index (χ4v) is 5.82. The summed E-state index contributed by atoms with van der Waals surface area (Å²) in [5.41, 5.74) is 2.73. The van der Waals surface area contributed by atoms with Gasteiger partial charge in [-0.1, -0.05) is 56.6 Å². The van der Waals surface area contributed by atoms with Crippen LogP contribution in [-0.4, -0.2) is 39.9 Å². The van der Waals surface area contributed by atoms with Crippen LogP contribution in [0, 0.1) is 5.82 Å². The maximum atomic E-state index is 13.8. The molecule has 1 aliphatic heterocycles. The van der Waals surface area contributed by atoms with Crippen molar-refractivity contribution >= 4 is 41.0 Å². The molecule has 1 saturated carbocycles. The molecule has 1 N–H and O–H groups in total. The lowest BCUT2D eigenvalue weighted by Gasteiger charge is -2.24. The van der Waals surface area contributed by atoms with Gasteiger partial charge in [-0.3, -0.25) is 14.5 Å². The first-order chi connectivity index (χ1) is 17.1. The van der Waals surface area contributed by atoms with Crippen molar-refractivity contribution < 1.29 is 14.0 Å². The van der Waals surface area contributed by atoms with Crippen LogP contribution in [-0.2, 0) is 15.0 Å². The van der Waals surface area contributed by atoms with E-state index in [1.807, 2.05) is 18.2 Å². The predicted molar refractivity (Wildman–Crippen MR) is 141 cm³/mol. The van der Waals surface area contributed by atoms with Crippen LogP contribution in [0.2, 0.25) is 5.02 Å². The second-order valence-electron chi connectivity index (χ2n) is 10.3. The summed E-state index contributed by atoms with van der Waals surface area (Å²) >= 11 is 8.08. The number of benzene rings is 2. The molecule has 2 aliphatic rings. The summed E-state index contributed by atoms with van der Waals surface area (Å²) in [5.74, 6) is -0.0191. The molecule has 9 heteroatoms. The molecule has 0 spiro atoms. The van der Waals surface area contributed by atoms with Crippen molar-refractivity contribution in [3.8, 4) is 5.69 Å². The number of carbonyl (C=O) groups excluding carboxylic acids is 2. The highest BCUT2D eigenvalue weighted by Gasteiger charge is 2.40. The van der Waals surface area contributed by atoms with Crippen molar-refractivity contribution in [2.45, 2.75) is 50.3 Å². The molecule has 0 bridgehead atoms. The van der Waals surface area contributed by atoms with E-state index in [2.05, 4.69) is 26.1 Å². The molecule has 3 aromatic rings. The standard InChI is InChI=1S/C27H28ClFN4O2S/c1-27(2,3)25-23-24(16-8-10-17(29)11-9-16)36-15-22(35)32(14-21(34)30-18-12-13-18)26(23)33(31-25)20-7-5-4-6-19(20)28/h4-11,18,24H,12-15H2,1-3H3,(H,30,34)/t24-/m1/s1. The van der Waals surface area contributed by atoms with E-state index >= 15 is 0 Å². The zero-order valence-corrected chi connectivity index (χ0v) is 22.0. The molecule has 2 heterocycles. The van der Waals surface area contributed by atoms with Gasteiger partial charge in [0.25, 0.3) is 0 Å². The minimum Gasteiger partial charge on any atom is -0.352 e. The molecule has 1 aromatic heterocycles. The number of aromatic nitrogens is 2. The van der Waals surface area contributed by atoms with Crippen molar-refractivity contribution in [2.75, 3.05) is 17.2 Å². The molecule has 5 rings (SSSR count). The van der Waals surface area contributed by atoms with E-state index < -0.39 is 0 Å². The summed E-state index contributed by atoms with van der Waals surface area (Å²) < 4.78 is 15.5. The number of nitrogens with one attached hydrogen (secondary N) is 1. The van der Waals surface area contributed by atoms with E-state index in [4.69, 9.17) is 16.7 Å². The highest BCUT2D eigenvalue weighted by molar-refractivity contribution is 8.00. The Morgan fingerprint density at radius 2 is 1.86 bits per heavy atom. The second-order valence-corrected chi connectivity index (χ2v) is 11.8. The molecule has 0 radical (unpaired) electrons. The van der Waals surface area contributed by atoms with Gasteiger partial charge in [0.05, 0.1) is 27.4 Å². The Morgan fingerprint density at radius 3 is 2.50 bits per heavy atom. The molecule has 2 aromatic carbocycles. The Kier molecular flexibility index (Phi) is 6.59. The lowest BCUT2D eigenvalue weighted by atomic mass is 9.87. The van der Waals surface area contributed by atoms with Crippen molar-refractivity contribution in [3.63, 3.8) is 0 Å². The number of fused-ring (bicyclic) bond motifs is 1. The molecule has 0 saturated heterocycles. The third-order valence-electron chi connectivity index (χ3n) is 6.30. The van der Waals surface area contributed by atoms with E-state index in [1.165, 1.54) is 28.8 Å². The normalized spacial score (nSPS) is 18.1. The monoisotopic (exact) mass is 526 g/mol. The Balaban J connectivity index is 1.75. The number of thioether (sulfide) groups is 1. The summed E-state index contributed by atoms with van der Waals surface area (Å²) in [6, 6.07) is 13.8. The first-order valence-electron chi connectivity index (χ1n) is 12.0. The van der Waals surface area contributed by atoms with Crippen LogP contribution >= 0.6 is 23.4 Å². The molecule has 1 aliphatic carbocycles. The van der Waals surface area contributed by atoms with Crippen molar-refractivity contribution in [1.82, 2.24) is 15.1 Å². The van der Waals surface area contributed by atoms with Crippen LogP contribution in [0.15, 0.2) is 48.5 Å². The highest BCUT2D eigenvalue weighted by Crippen LogP contribution is 2.48. The topological polar surface area (TPSA) is 67.2 Å². The quantitative estimate of drug-likeness (QED) is 0.482. The van der Waals surface area contributed by atoms with Gasteiger partial charge in [0, 0.05) is 17.0 Å². The molecule has 36 heavy (non-hydrogen) atoms. The van der Waals surface area contributed by atoms with Gasteiger partial charge in [0.15, 0.2) is 0 Å². The number of rotatable bonds is 5. The van der Waals surface area contributed by atoms with Gasteiger partial charge in [0.1, 0.15) is 18.2 Å². The number of para-hydroxylation sites is 1. The van der Waals surface area contributed by atoms with Gasteiger partial charge in [-0.25, -0.2) is 9.07 Å². The van der Waals surface area contributed by atoms with Gasteiger partial charge in [-0.2, -0.15) is 5.10 Å². The SMILES string of the molecule is CC(C)(C)c1nn(-c2ccccc2Cl)c2c1[C@@H](c1ccc(F)cc1)SCC(=O)N2CC(=O)NC1CC1. The molecular weight excluding hydrogens is 499 g/mol. The Morgan fingerprint density at radius 1 is 1.17 bits per heavy atom. The smallest absolute Gasteiger partial charge is 0.240 e. The van der Waals surface area contributed by atoms with Crippen LogP contribution in [0.3, 0.4) is 0 Å². The second kappa shape index (κ2) is 9.56. The molecule has 6 nitrogen and oxygen atoms in total. The summed E-state index contributed by atoms with van der Waals surface area (Å²) in [5, 5.41) is 8.20. The predicted octanol–water partition coefficient (Wildman–Crippen LogP) is 5.41. The summed E-state index contributed by atoms with van der Waals surface area (Å²) in [4.78, 5) is 28.0. The number of hydrogen-bond acceptors (Lipinski definition) is 4. The third kappa shape index (κ3) is 4.89. The largest absolute Gasteiger partial charge is 0.352 e. The average Bonchev–Trinajstić information content (AvgIpc) is 3.57. The number of nitrogens with zero attached hydrogens (tertiary/aromatic N) is 3. The van der Waals surface area contributed by atoms with Crippen LogP contribution in [0.4, 0.5) is 10.2 Å². The number of anilines is 1. The van der Waals surface area contributed by atoms with Gasteiger partial charge in [-0.15, -0.1) is 11.8 Å². The van der Waals surface area contributed by atoms with Crippen LogP contribution < -0.4 is 10.2 Å². The van der Waals surface area contributed by atoms with Gasteiger partial charge in [-0.05, 0) is 42.7 Å². The number of hydrogen-bond donors (Lipinski definition) is 1. The number of carbonyl (C=O) groups is 2. The summed E-state index contributed by atoms with van der Waals surface area (Å²) in [6.07, 6.45) is 1.91. The molecule has 1 atom stereocenters. The van der Waals surface area contributed by atoms with E-state index in [1.54, 1.807) is 22.9 Å². The first kappa shape index (κ1) is 24.8. The van der Waals surface area contributed by atoms with Crippen molar-refractivity contribution in [1.29, 1.82) is 0 Å². The number of amides is 2. The van der Waals surface area contributed by atoms with Gasteiger partial charge < -0.3 is 5.32 Å². The minimum atomic E-state index is -0.384. The Labute approximate surface area is 219 Å². The zero-order valence-electron chi connectivity index (χ0n) is 20.4. The van der Waals surface area contributed by atoms with Crippen LogP contribution in [0.5, 0.6) is 0 Å². The molecule has 1 fully saturated rings. The lowest BCUT2D eigenvalue weighted by Crippen LogP contribution is -2.43. The average molecular weight is 527 g/mol. The Bertz CT molecular complexity index is 1310. The summed E-state index contributed by atoms with van der Waals surface area (Å²) in [7, 11) is 0. The van der Waals surface area contributed by atoms with Gasteiger partial charge >= 0.3 is 0 Å².